The molecule has 0 unspecified atom stereocenters. The molecule has 0 atom stereocenters. The van der Waals surface area contributed by atoms with Crippen molar-refractivity contribution in [2.45, 2.75) is 13.3 Å². The van der Waals surface area contributed by atoms with E-state index >= 15 is 0 Å². The molecule has 4 nitrogen and oxygen atoms in total. The van der Waals surface area contributed by atoms with Gasteiger partial charge in [0.15, 0.2) is 0 Å². The highest BCUT2D eigenvalue weighted by Crippen LogP contribution is 2.31. The quantitative estimate of drug-likeness (QED) is 0.525. The summed E-state index contributed by atoms with van der Waals surface area (Å²) in [7, 11) is 4.08. The molecule has 4 rings (SSSR count). The molecule has 26 heavy (non-hydrogen) atoms. The minimum absolute atomic E-state index is 0.916. The molecular weight excluding hydrogens is 320 g/mol. The van der Waals surface area contributed by atoms with Crippen molar-refractivity contribution in [2.75, 3.05) is 11.9 Å². The first-order valence-corrected chi connectivity index (χ1v) is 8.86. The van der Waals surface area contributed by atoms with Crippen LogP contribution in [0, 0.1) is 0 Å². The third-order valence-electron chi connectivity index (χ3n) is 4.87. The Kier molecular flexibility index (Phi) is 4.17. The predicted octanol–water partition coefficient (Wildman–Crippen LogP) is 4.97. The number of nitrogens with zero attached hydrogens (tertiary/aromatic N) is 4. The van der Waals surface area contributed by atoms with Crippen LogP contribution in [0.4, 0.5) is 11.5 Å². The van der Waals surface area contributed by atoms with Crippen molar-refractivity contribution in [3.05, 3.63) is 72.7 Å². The molecule has 4 heteroatoms. The first-order valence-electron chi connectivity index (χ1n) is 8.86. The van der Waals surface area contributed by atoms with E-state index in [1.807, 2.05) is 30.2 Å². The van der Waals surface area contributed by atoms with Crippen LogP contribution in [0.3, 0.4) is 0 Å². The second-order valence-electron chi connectivity index (χ2n) is 6.51. The lowest BCUT2D eigenvalue weighted by atomic mass is 10.00. The van der Waals surface area contributed by atoms with Crippen molar-refractivity contribution in [3.63, 3.8) is 0 Å². The van der Waals surface area contributed by atoms with E-state index in [4.69, 9.17) is 0 Å². The Morgan fingerprint density at radius 3 is 2.54 bits per heavy atom. The summed E-state index contributed by atoms with van der Waals surface area (Å²) in [5, 5.41) is 0. The number of anilines is 2. The van der Waals surface area contributed by atoms with Crippen molar-refractivity contribution in [1.82, 2.24) is 14.5 Å². The number of imidazole rings is 1. The van der Waals surface area contributed by atoms with E-state index in [1.54, 1.807) is 0 Å². The highest BCUT2D eigenvalue weighted by molar-refractivity contribution is 5.79. The number of hydrogen-bond donors (Lipinski definition) is 0. The van der Waals surface area contributed by atoms with Crippen LogP contribution < -0.4 is 4.90 Å². The lowest BCUT2D eigenvalue weighted by Gasteiger charge is -2.22. The molecule has 0 amide bonds. The standard InChI is InChI=1S/C22H22N4/c1-4-16-12-18(17-8-6-5-7-9-17)10-11-20(16)26(3)22-13-21-19(14-23-22)24-15-25(21)2/h5-15H,4H2,1-3H3. The van der Waals surface area contributed by atoms with Gasteiger partial charge in [0.25, 0.3) is 0 Å². The summed E-state index contributed by atoms with van der Waals surface area (Å²) < 4.78 is 2.02. The maximum absolute atomic E-state index is 4.60. The summed E-state index contributed by atoms with van der Waals surface area (Å²) in [4.78, 5) is 11.1. The van der Waals surface area contributed by atoms with Crippen LogP contribution in [-0.4, -0.2) is 21.6 Å². The fraction of sp³-hybridized carbons (Fsp3) is 0.182. The smallest absolute Gasteiger partial charge is 0.134 e. The molecule has 130 valence electrons. The van der Waals surface area contributed by atoms with Gasteiger partial charge < -0.3 is 9.47 Å². The van der Waals surface area contributed by atoms with E-state index in [9.17, 15) is 0 Å². The van der Waals surface area contributed by atoms with Crippen molar-refractivity contribution >= 4 is 22.5 Å². The van der Waals surface area contributed by atoms with Gasteiger partial charge in [-0.3, -0.25) is 0 Å². The first-order chi connectivity index (χ1) is 12.7. The molecule has 0 aliphatic carbocycles. The molecule has 0 aliphatic heterocycles. The van der Waals surface area contributed by atoms with E-state index in [2.05, 4.69) is 77.4 Å². The summed E-state index contributed by atoms with van der Waals surface area (Å²) in [6.45, 7) is 2.19. The Morgan fingerprint density at radius 2 is 1.77 bits per heavy atom. The number of aromatic nitrogens is 3. The summed E-state index contributed by atoms with van der Waals surface area (Å²) in [5.74, 6) is 0.920. The molecular formula is C22H22N4. The topological polar surface area (TPSA) is 34.0 Å². The summed E-state index contributed by atoms with van der Waals surface area (Å²) in [5.41, 5.74) is 6.98. The van der Waals surface area contributed by atoms with Gasteiger partial charge in [0.2, 0.25) is 0 Å². The van der Waals surface area contributed by atoms with Gasteiger partial charge in [-0.2, -0.15) is 0 Å². The number of hydrogen-bond acceptors (Lipinski definition) is 3. The average Bonchev–Trinajstić information content (AvgIpc) is 3.08. The van der Waals surface area contributed by atoms with E-state index in [-0.39, 0.29) is 0 Å². The molecule has 0 radical (unpaired) electrons. The van der Waals surface area contributed by atoms with E-state index < -0.39 is 0 Å². The highest BCUT2D eigenvalue weighted by atomic mass is 15.2. The molecule has 0 spiro atoms. The van der Waals surface area contributed by atoms with Crippen LogP contribution in [0.25, 0.3) is 22.2 Å². The van der Waals surface area contributed by atoms with Gasteiger partial charge in [-0.1, -0.05) is 43.3 Å². The molecule has 0 saturated carbocycles. The van der Waals surface area contributed by atoms with Gasteiger partial charge in [-0.05, 0) is 35.2 Å². The number of fused-ring (bicyclic) bond motifs is 1. The van der Waals surface area contributed by atoms with Crippen LogP contribution in [0.2, 0.25) is 0 Å². The number of aryl methyl sites for hydroxylation is 2. The minimum Gasteiger partial charge on any atom is -0.334 e. The van der Waals surface area contributed by atoms with E-state index in [1.165, 1.54) is 22.4 Å². The zero-order chi connectivity index (χ0) is 18.1. The fourth-order valence-electron chi connectivity index (χ4n) is 3.33. The lowest BCUT2D eigenvalue weighted by Crippen LogP contribution is -2.13. The molecule has 0 bridgehead atoms. The molecule has 4 aromatic rings. The van der Waals surface area contributed by atoms with Gasteiger partial charge in [0, 0.05) is 25.8 Å². The Bertz CT molecular complexity index is 1050. The van der Waals surface area contributed by atoms with Crippen LogP contribution >= 0.6 is 0 Å². The Labute approximate surface area is 153 Å². The Morgan fingerprint density at radius 1 is 0.962 bits per heavy atom. The van der Waals surface area contributed by atoms with Gasteiger partial charge >= 0.3 is 0 Å². The maximum atomic E-state index is 4.60. The van der Waals surface area contributed by atoms with Crippen LogP contribution in [0.15, 0.2) is 67.1 Å². The predicted molar refractivity (Wildman–Crippen MR) is 108 cm³/mol. The van der Waals surface area contributed by atoms with E-state index in [0.717, 1.165) is 23.3 Å². The second kappa shape index (κ2) is 6.64. The zero-order valence-corrected chi connectivity index (χ0v) is 15.3. The van der Waals surface area contributed by atoms with Crippen molar-refractivity contribution in [1.29, 1.82) is 0 Å². The van der Waals surface area contributed by atoms with Gasteiger partial charge in [0.1, 0.15) is 11.3 Å². The normalized spacial score (nSPS) is 11.0. The van der Waals surface area contributed by atoms with Gasteiger partial charge in [-0.25, -0.2) is 9.97 Å². The molecule has 0 aliphatic rings. The Balaban J connectivity index is 1.74. The molecule has 2 aromatic carbocycles. The van der Waals surface area contributed by atoms with Crippen LogP contribution in [0.1, 0.15) is 12.5 Å². The highest BCUT2D eigenvalue weighted by Gasteiger charge is 2.12. The minimum atomic E-state index is 0.916. The first kappa shape index (κ1) is 16.3. The number of rotatable bonds is 4. The third kappa shape index (κ3) is 2.84. The van der Waals surface area contributed by atoms with Crippen molar-refractivity contribution < 1.29 is 0 Å². The SMILES string of the molecule is CCc1cc(-c2ccccc2)ccc1N(C)c1cc2c(cn1)ncn2C. The second-order valence-corrected chi connectivity index (χ2v) is 6.51. The molecule has 0 N–H and O–H groups in total. The number of benzene rings is 2. The Hall–Kier alpha value is -3.14. The van der Waals surface area contributed by atoms with E-state index in [0.29, 0.717) is 0 Å². The number of pyridine rings is 1. The molecule has 2 aromatic heterocycles. The van der Waals surface area contributed by atoms with Crippen LogP contribution in [-0.2, 0) is 13.5 Å². The third-order valence-corrected chi connectivity index (χ3v) is 4.87. The molecule has 2 heterocycles. The monoisotopic (exact) mass is 342 g/mol. The average molecular weight is 342 g/mol. The van der Waals surface area contributed by atoms with Crippen molar-refractivity contribution in [2.24, 2.45) is 7.05 Å². The molecule has 0 fully saturated rings. The summed E-state index contributed by atoms with van der Waals surface area (Å²) >= 11 is 0. The summed E-state index contributed by atoms with van der Waals surface area (Å²) in [6.07, 6.45) is 4.63. The maximum Gasteiger partial charge on any atom is 0.134 e. The lowest BCUT2D eigenvalue weighted by molar-refractivity contribution is 0.946. The van der Waals surface area contributed by atoms with Crippen LogP contribution in [0.5, 0.6) is 0 Å². The van der Waals surface area contributed by atoms with Gasteiger partial charge in [0.05, 0.1) is 18.0 Å². The largest absolute Gasteiger partial charge is 0.334 e. The van der Waals surface area contributed by atoms with Crippen molar-refractivity contribution in [3.8, 4) is 11.1 Å². The summed E-state index contributed by atoms with van der Waals surface area (Å²) in [6, 6.07) is 19.2. The molecule has 0 saturated heterocycles. The van der Waals surface area contributed by atoms with Gasteiger partial charge in [-0.15, -0.1) is 0 Å². The zero-order valence-electron chi connectivity index (χ0n) is 15.3. The fourth-order valence-corrected chi connectivity index (χ4v) is 3.33.